The molecule has 0 aliphatic rings. The van der Waals surface area contributed by atoms with Gasteiger partial charge in [0.15, 0.2) is 0 Å². The molecule has 4 nitrogen and oxygen atoms in total. The number of nitrogens with two attached hydrogens (primary N) is 1. The molecule has 1 aromatic heterocycles. The number of aromatic nitrogens is 2. The highest BCUT2D eigenvalue weighted by molar-refractivity contribution is 7.99. The van der Waals surface area contributed by atoms with Crippen molar-refractivity contribution in [3.05, 3.63) is 18.1 Å². The smallest absolute Gasteiger partial charge is 0.143 e. The van der Waals surface area contributed by atoms with E-state index in [4.69, 9.17) is 11.1 Å². The summed E-state index contributed by atoms with van der Waals surface area (Å²) in [4.78, 5) is 8.17. The van der Waals surface area contributed by atoms with Crippen LogP contribution in [0, 0.1) is 11.3 Å². The van der Waals surface area contributed by atoms with Gasteiger partial charge in [0.2, 0.25) is 0 Å². The van der Waals surface area contributed by atoms with Gasteiger partial charge >= 0.3 is 0 Å². The van der Waals surface area contributed by atoms with E-state index < -0.39 is 0 Å². The first kappa shape index (κ1) is 11.0. The second kappa shape index (κ2) is 4.95. The Morgan fingerprint density at radius 2 is 2.21 bits per heavy atom. The van der Waals surface area contributed by atoms with Crippen LogP contribution in [0.15, 0.2) is 17.4 Å². The minimum absolute atomic E-state index is 0.0436. The number of nitrogens with zero attached hydrogens (tertiary/aromatic N) is 2. The molecule has 0 radical (unpaired) electrons. The van der Waals surface area contributed by atoms with E-state index in [0.29, 0.717) is 11.6 Å². The summed E-state index contributed by atoms with van der Waals surface area (Å²) in [7, 11) is 0. The van der Waals surface area contributed by atoms with E-state index in [0.717, 1.165) is 10.8 Å². The fourth-order valence-corrected chi connectivity index (χ4v) is 1.54. The molecule has 0 atom stereocenters. The van der Waals surface area contributed by atoms with Crippen molar-refractivity contribution in [1.82, 2.24) is 9.97 Å². The van der Waals surface area contributed by atoms with Crippen molar-refractivity contribution in [1.29, 1.82) is 5.41 Å². The number of amidine groups is 1. The van der Waals surface area contributed by atoms with Crippen LogP contribution in [0.3, 0.4) is 0 Å². The quantitative estimate of drug-likeness (QED) is 0.448. The predicted molar refractivity (Wildman–Crippen MR) is 58.6 cm³/mol. The van der Waals surface area contributed by atoms with Crippen molar-refractivity contribution in [3.8, 4) is 0 Å². The summed E-state index contributed by atoms with van der Waals surface area (Å²) in [6.45, 7) is 4.31. The van der Waals surface area contributed by atoms with Gasteiger partial charge in [0.05, 0.1) is 12.4 Å². The third kappa shape index (κ3) is 3.33. The van der Waals surface area contributed by atoms with Crippen molar-refractivity contribution < 1.29 is 0 Å². The van der Waals surface area contributed by atoms with Gasteiger partial charge in [0.25, 0.3) is 0 Å². The molecular formula is C9H14N4S. The molecule has 1 heterocycles. The van der Waals surface area contributed by atoms with E-state index in [1.54, 1.807) is 18.0 Å². The van der Waals surface area contributed by atoms with Gasteiger partial charge in [0, 0.05) is 5.75 Å². The molecule has 0 amide bonds. The van der Waals surface area contributed by atoms with Crippen molar-refractivity contribution in [2.75, 3.05) is 5.75 Å². The molecule has 0 aliphatic carbocycles. The van der Waals surface area contributed by atoms with Gasteiger partial charge in [0.1, 0.15) is 16.6 Å². The minimum Gasteiger partial charge on any atom is -0.382 e. The van der Waals surface area contributed by atoms with Crippen molar-refractivity contribution >= 4 is 17.6 Å². The van der Waals surface area contributed by atoms with Crippen molar-refractivity contribution in [3.63, 3.8) is 0 Å². The van der Waals surface area contributed by atoms with Gasteiger partial charge in [-0.05, 0) is 5.92 Å². The summed E-state index contributed by atoms with van der Waals surface area (Å²) < 4.78 is 0. The third-order valence-electron chi connectivity index (χ3n) is 1.47. The molecule has 0 saturated heterocycles. The minimum atomic E-state index is -0.0436. The summed E-state index contributed by atoms with van der Waals surface area (Å²) in [5.41, 5.74) is 5.69. The molecule has 0 saturated carbocycles. The first-order valence-electron chi connectivity index (χ1n) is 4.39. The zero-order chi connectivity index (χ0) is 10.6. The van der Waals surface area contributed by atoms with E-state index in [2.05, 4.69) is 23.8 Å². The van der Waals surface area contributed by atoms with Crippen LogP contribution in [0.25, 0.3) is 0 Å². The van der Waals surface area contributed by atoms with E-state index in [-0.39, 0.29) is 5.84 Å². The van der Waals surface area contributed by atoms with Gasteiger partial charge in [-0.2, -0.15) is 0 Å². The Labute approximate surface area is 87.8 Å². The number of rotatable bonds is 4. The zero-order valence-corrected chi connectivity index (χ0v) is 9.14. The number of hydrogen-bond acceptors (Lipinski definition) is 4. The monoisotopic (exact) mass is 210 g/mol. The fraction of sp³-hybridized carbons (Fsp3) is 0.444. The summed E-state index contributed by atoms with van der Waals surface area (Å²) in [6, 6.07) is 0. The number of nitrogen functional groups attached to an aromatic ring is 1. The molecule has 0 spiro atoms. The van der Waals surface area contributed by atoms with Crippen LogP contribution in [0.1, 0.15) is 19.5 Å². The van der Waals surface area contributed by atoms with E-state index in [1.165, 1.54) is 6.20 Å². The standard InChI is InChI=1S/C9H14N4S/c1-6(2)5-14-8-4-12-7(3-13-8)9(10)11/h3-4,6H,5H2,1-2H3,(H3,10,11). The largest absolute Gasteiger partial charge is 0.382 e. The molecule has 0 bridgehead atoms. The first-order valence-corrected chi connectivity index (χ1v) is 5.37. The lowest BCUT2D eigenvalue weighted by Crippen LogP contribution is -2.13. The van der Waals surface area contributed by atoms with Gasteiger partial charge in [-0.3, -0.25) is 5.41 Å². The Morgan fingerprint density at radius 1 is 1.50 bits per heavy atom. The lowest BCUT2D eigenvalue weighted by Gasteiger charge is -2.03. The van der Waals surface area contributed by atoms with Gasteiger partial charge in [-0.1, -0.05) is 13.8 Å². The fourth-order valence-electron chi connectivity index (χ4n) is 0.782. The van der Waals surface area contributed by atoms with Crippen LogP contribution < -0.4 is 5.73 Å². The second-order valence-corrected chi connectivity index (χ2v) is 4.40. The predicted octanol–water partition coefficient (Wildman–Crippen LogP) is 1.51. The molecule has 76 valence electrons. The maximum atomic E-state index is 7.14. The molecule has 5 heteroatoms. The Bertz CT molecular complexity index is 307. The normalized spacial score (nSPS) is 10.5. The molecule has 0 aliphatic heterocycles. The molecular weight excluding hydrogens is 196 g/mol. The number of hydrogen-bond donors (Lipinski definition) is 2. The number of thioether (sulfide) groups is 1. The average molecular weight is 210 g/mol. The molecule has 3 N–H and O–H groups in total. The van der Waals surface area contributed by atoms with E-state index >= 15 is 0 Å². The molecule has 0 unspecified atom stereocenters. The van der Waals surface area contributed by atoms with Gasteiger partial charge < -0.3 is 5.73 Å². The third-order valence-corrected chi connectivity index (χ3v) is 2.81. The van der Waals surface area contributed by atoms with E-state index in [9.17, 15) is 0 Å². The summed E-state index contributed by atoms with van der Waals surface area (Å²) >= 11 is 1.66. The Balaban J connectivity index is 2.60. The highest BCUT2D eigenvalue weighted by Crippen LogP contribution is 2.16. The van der Waals surface area contributed by atoms with Crippen LogP contribution in [0.4, 0.5) is 0 Å². The highest BCUT2D eigenvalue weighted by Gasteiger charge is 2.01. The summed E-state index contributed by atoms with van der Waals surface area (Å²) in [5, 5.41) is 8.02. The SMILES string of the molecule is CC(C)CSc1cnc(C(=N)N)cn1. The number of nitrogens with one attached hydrogen (secondary N) is 1. The maximum Gasteiger partial charge on any atom is 0.143 e. The summed E-state index contributed by atoms with van der Waals surface area (Å²) in [6.07, 6.45) is 3.19. The zero-order valence-electron chi connectivity index (χ0n) is 8.32. The van der Waals surface area contributed by atoms with Crippen LogP contribution in [0.2, 0.25) is 0 Å². The maximum absolute atomic E-state index is 7.14. The van der Waals surface area contributed by atoms with E-state index in [1.807, 2.05) is 0 Å². The Kier molecular flexibility index (Phi) is 3.88. The molecule has 1 aromatic rings. The molecule has 0 fully saturated rings. The van der Waals surface area contributed by atoms with Crippen LogP contribution in [-0.4, -0.2) is 21.6 Å². The van der Waals surface area contributed by atoms with Crippen LogP contribution >= 0.6 is 11.8 Å². The summed E-state index contributed by atoms with van der Waals surface area (Å²) in [5.74, 6) is 1.61. The Morgan fingerprint density at radius 3 is 2.64 bits per heavy atom. The van der Waals surface area contributed by atoms with Crippen molar-refractivity contribution in [2.45, 2.75) is 18.9 Å². The molecule has 0 aromatic carbocycles. The van der Waals surface area contributed by atoms with Crippen LogP contribution in [0.5, 0.6) is 0 Å². The second-order valence-electron chi connectivity index (χ2n) is 3.36. The lowest BCUT2D eigenvalue weighted by molar-refractivity contribution is 0.749. The first-order chi connectivity index (χ1) is 6.59. The molecule has 14 heavy (non-hydrogen) atoms. The topological polar surface area (TPSA) is 75.7 Å². The Hall–Kier alpha value is -1.10. The van der Waals surface area contributed by atoms with Crippen LogP contribution in [-0.2, 0) is 0 Å². The lowest BCUT2D eigenvalue weighted by atomic mass is 10.3. The van der Waals surface area contributed by atoms with Gasteiger partial charge in [-0.25, -0.2) is 9.97 Å². The van der Waals surface area contributed by atoms with Gasteiger partial charge in [-0.15, -0.1) is 11.8 Å². The van der Waals surface area contributed by atoms with Crippen molar-refractivity contribution in [2.24, 2.45) is 11.7 Å². The molecule has 1 rings (SSSR count). The highest BCUT2D eigenvalue weighted by atomic mass is 32.2. The average Bonchev–Trinajstić information content (AvgIpc) is 2.15.